The Labute approximate surface area is 152 Å². The molecule has 0 amide bonds. The molecule has 0 bridgehead atoms. The molecule has 0 aliphatic carbocycles. The highest BCUT2D eigenvalue weighted by Crippen LogP contribution is 2.34. The number of carbonyl (C=O) groups excluding carboxylic acids is 1. The van der Waals surface area contributed by atoms with Crippen LogP contribution in [0.3, 0.4) is 0 Å². The summed E-state index contributed by atoms with van der Waals surface area (Å²) in [4.78, 5) is 13.0. The maximum Gasteiger partial charge on any atom is 0.150 e. The number of benzene rings is 2. The summed E-state index contributed by atoms with van der Waals surface area (Å²) in [5.74, 6) is 0.699. The van der Waals surface area contributed by atoms with Crippen molar-refractivity contribution in [1.82, 2.24) is 0 Å². The lowest BCUT2D eigenvalue weighted by Crippen LogP contribution is -1.95. The Balaban J connectivity index is 2.16. The van der Waals surface area contributed by atoms with Gasteiger partial charge in [0, 0.05) is 16.0 Å². The molecule has 2 aromatic carbocycles. The first-order valence-electron chi connectivity index (χ1n) is 8.09. The van der Waals surface area contributed by atoms with Gasteiger partial charge in [-0.25, -0.2) is 0 Å². The molecule has 3 aromatic rings. The second-order valence-electron chi connectivity index (χ2n) is 5.92. The molecular weight excluding hydrogens is 328 g/mol. The Morgan fingerprint density at radius 3 is 2.40 bits per heavy atom. The quantitative estimate of drug-likeness (QED) is 0.332. The number of aldehydes is 1. The van der Waals surface area contributed by atoms with E-state index in [4.69, 9.17) is 4.74 Å². The lowest BCUT2D eigenvalue weighted by molar-refractivity contribution is -0.103. The van der Waals surface area contributed by atoms with E-state index in [1.165, 1.54) is 4.88 Å². The van der Waals surface area contributed by atoms with E-state index in [2.05, 4.69) is 32.0 Å². The predicted molar refractivity (Wildman–Crippen MR) is 106 cm³/mol. The minimum Gasteiger partial charge on any atom is -0.496 e. The van der Waals surface area contributed by atoms with Gasteiger partial charge in [0.25, 0.3) is 0 Å². The number of hydrogen-bond donors (Lipinski definition) is 0. The molecule has 0 N–H and O–H groups in total. The second-order valence-corrected chi connectivity index (χ2v) is 6.86. The standard InChI is InChI=1S/C22H20O2S/c1-15-6-4-7-16(2)19(15)13-18(14-23)20-12-17(9-10-21(20)24-3)22-8-5-11-25-22/h4-14H,1-3H3/b18-13+. The minimum absolute atomic E-state index is 0.618. The lowest BCUT2D eigenvalue weighted by Gasteiger charge is -2.12. The first kappa shape index (κ1) is 17.2. The van der Waals surface area contributed by atoms with Gasteiger partial charge < -0.3 is 4.74 Å². The molecule has 1 heterocycles. The average Bonchev–Trinajstić information content (AvgIpc) is 3.16. The third-order valence-electron chi connectivity index (χ3n) is 4.29. The molecule has 0 saturated carbocycles. The number of carbonyl (C=O) groups is 1. The van der Waals surface area contributed by atoms with E-state index in [0.29, 0.717) is 11.3 Å². The van der Waals surface area contributed by atoms with Gasteiger partial charge in [-0.2, -0.15) is 0 Å². The van der Waals surface area contributed by atoms with E-state index in [0.717, 1.165) is 34.1 Å². The molecule has 126 valence electrons. The van der Waals surface area contributed by atoms with Crippen LogP contribution in [0, 0.1) is 13.8 Å². The van der Waals surface area contributed by atoms with Crippen LogP contribution in [0.2, 0.25) is 0 Å². The highest BCUT2D eigenvalue weighted by molar-refractivity contribution is 7.13. The molecule has 25 heavy (non-hydrogen) atoms. The third kappa shape index (κ3) is 3.57. The van der Waals surface area contributed by atoms with Crippen molar-refractivity contribution in [1.29, 1.82) is 0 Å². The van der Waals surface area contributed by atoms with Crippen molar-refractivity contribution in [2.45, 2.75) is 13.8 Å². The van der Waals surface area contributed by atoms with Gasteiger partial charge in [-0.05, 0) is 71.8 Å². The molecule has 0 radical (unpaired) electrons. The highest BCUT2D eigenvalue weighted by atomic mass is 32.1. The fourth-order valence-electron chi connectivity index (χ4n) is 2.92. The molecule has 0 unspecified atom stereocenters. The van der Waals surface area contributed by atoms with Gasteiger partial charge in [0.15, 0.2) is 6.29 Å². The maximum atomic E-state index is 11.9. The van der Waals surface area contributed by atoms with E-state index in [-0.39, 0.29) is 0 Å². The van der Waals surface area contributed by atoms with E-state index in [9.17, 15) is 4.79 Å². The molecule has 0 aliphatic rings. The molecule has 3 heteroatoms. The fraction of sp³-hybridized carbons (Fsp3) is 0.136. The molecule has 2 nitrogen and oxygen atoms in total. The second kappa shape index (κ2) is 7.49. The smallest absolute Gasteiger partial charge is 0.150 e. The van der Waals surface area contributed by atoms with Crippen molar-refractivity contribution in [2.24, 2.45) is 0 Å². The molecular formula is C22H20O2S. The average molecular weight is 348 g/mol. The number of hydrogen-bond acceptors (Lipinski definition) is 3. The normalized spacial score (nSPS) is 11.4. The zero-order chi connectivity index (χ0) is 17.8. The number of ether oxygens (including phenoxy) is 1. The number of rotatable bonds is 5. The number of aryl methyl sites for hydroxylation is 2. The van der Waals surface area contributed by atoms with E-state index in [1.54, 1.807) is 18.4 Å². The summed E-state index contributed by atoms with van der Waals surface area (Å²) in [6.45, 7) is 4.11. The zero-order valence-electron chi connectivity index (χ0n) is 14.6. The summed E-state index contributed by atoms with van der Waals surface area (Å²) >= 11 is 1.68. The van der Waals surface area contributed by atoms with Crippen LogP contribution in [0.15, 0.2) is 53.9 Å². The molecule has 0 spiro atoms. The first-order chi connectivity index (χ1) is 12.1. The van der Waals surface area contributed by atoms with Crippen molar-refractivity contribution in [3.05, 3.63) is 76.2 Å². The van der Waals surface area contributed by atoms with Crippen molar-refractivity contribution < 1.29 is 9.53 Å². The Bertz CT molecular complexity index is 901. The van der Waals surface area contributed by atoms with Gasteiger partial charge in [-0.3, -0.25) is 4.79 Å². The van der Waals surface area contributed by atoms with Crippen molar-refractivity contribution in [3.8, 4) is 16.2 Å². The summed E-state index contributed by atoms with van der Waals surface area (Å²) in [5, 5.41) is 2.05. The molecule has 0 saturated heterocycles. The van der Waals surface area contributed by atoms with Crippen LogP contribution >= 0.6 is 11.3 Å². The molecule has 3 rings (SSSR count). The van der Waals surface area contributed by atoms with Crippen LogP contribution in [0.25, 0.3) is 22.1 Å². The van der Waals surface area contributed by atoms with Crippen LogP contribution in [-0.2, 0) is 4.79 Å². The van der Waals surface area contributed by atoms with Gasteiger partial charge >= 0.3 is 0 Å². The summed E-state index contributed by atoms with van der Waals surface area (Å²) in [6, 6.07) is 16.2. The Morgan fingerprint density at radius 1 is 1.04 bits per heavy atom. The Kier molecular flexibility index (Phi) is 5.15. The van der Waals surface area contributed by atoms with Gasteiger partial charge in [0.2, 0.25) is 0 Å². The molecule has 0 aliphatic heterocycles. The van der Waals surface area contributed by atoms with Gasteiger partial charge in [0.1, 0.15) is 5.75 Å². The summed E-state index contributed by atoms with van der Waals surface area (Å²) in [6.07, 6.45) is 2.86. The number of allylic oxidation sites excluding steroid dienone is 1. The van der Waals surface area contributed by atoms with Crippen LogP contribution in [0.4, 0.5) is 0 Å². The van der Waals surface area contributed by atoms with Gasteiger partial charge in [0.05, 0.1) is 7.11 Å². The SMILES string of the molecule is COc1ccc(-c2cccs2)cc1/C(C=O)=C/c1c(C)cccc1C. The van der Waals surface area contributed by atoms with E-state index < -0.39 is 0 Å². The maximum absolute atomic E-state index is 11.9. The number of methoxy groups -OCH3 is 1. The van der Waals surface area contributed by atoms with Crippen LogP contribution in [-0.4, -0.2) is 13.4 Å². The van der Waals surface area contributed by atoms with Crippen molar-refractivity contribution in [3.63, 3.8) is 0 Å². The zero-order valence-corrected chi connectivity index (χ0v) is 15.4. The Hall–Kier alpha value is -2.65. The fourth-order valence-corrected chi connectivity index (χ4v) is 3.64. The van der Waals surface area contributed by atoms with Crippen LogP contribution in [0.5, 0.6) is 5.75 Å². The largest absolute Gasteiger partial charge is 0.496 e. The van der Waals surface area contributed by atoms with Crippen LogP contribution in [0.1, 0.15) is 22.3 Å². The van der Waals surface area contributed by atoms with E-state index in [1.807, 2.05) is 41.8 Å². The highest BCUT2D eigenvalue weighted by Gasteiger charge is 2.12. The van der Waals surface area contributed by atoms with E-state index >= 15 is 0 Å². The Morgan fingerprint density at radius 2 is 1.80 bits per heavy atom. The van der Waals surface area contributed by atoms with Crippen molar-refractivity contribution in [2.75, 3.05) is 7.11 Å². The minimum atomic E-state index is 0.618. The van der Waals surface area contributed by atoms with Gasteiger partial charge in [-0.15, -0.1) is 11.3 Å². The molecule has 0 fully saturated rings. The van der Waals surface area contributed by atoms with Gasteiger partial charge in [-0.1, -0.05) is 24.3 Å². The summed E-state index contributed by atoms with van der Waals surface area (Å²) in [5.41, 5.74) is 5.88. The predicted octanol–water partition coefficient (Wildman–Crippen LogP) is 5.78. The lowest BCUT2D eigenvalue weighted by atomic mass is 9.96. The van der Waals surface area contributed by atoms with Crippen molar-refractivity contribution >= 4 is 29.3 Å². The van der Waals surface area contributed by atoms with Crippen LogP contribution < -0.4 is 4.74 Å². The molecule has 1 aromatic heterocycles. The first-order valence-corrected chi connectivity index (χ1v) is 8.97. The third-order valence-corrected chi connectivity index (χ3v) is 5.20. The number of thiophene rings is 1. The molecule has 0 atom stereocenters. The summed E-state index contributed by atoms with van der Waals surface area (Å²) in [7, 11) is 1.63. The topological polar surface area (TPSA) is 26.3 Å². The summed E-state index contributed by atoms with van der Waals surface area (Å²) < 4.78 is 5.50. The monoisotopic (exact) mass is 348 g/mol.